The number of nitrogens with zero attached hydrogens (tertiary/aromatic N) is 1. The van der Waals surface area contributed by atoms with Crippen LogP contribution in [0.15, 0.2) is 0 Å². The number of nitrogens with two attached hydrogens (primary N) is 1. The van der Waals surface area contributed by atoms with E-state index in [0.29, 0.717) is 12.8 Å². The Balaban J connectivity index is 2.66. The molecule has 1 rings (SSSR count). The second-order valence-electron chi connectivity index (χ2n) is 5.05. The normalized spacial score (nSPS) is 20.0. The molecule has 0 atom stereocenters. The zero-order valence-electron chi connectivity index (χ0n) is 10.8. The summed E-state index contributed by atoms with van der Waals surface area (Å²) in [5, 5.41) is 13.3. The first-order chi connectivity index (χ1) is 7.85. The van der Waals surface area contributed by atoms with Crippen LogP contribution >= 0.6 is 0 Å². The van der Waals surface area contributed by atoms with Gasteiger partial charge in [-0.15, -0.1) is 0 Å². The molecule has 1 aliphatic heterocycles. The van der Waals surface area contributed by atoms with E-state index >= 15 is 0 Å². The third-order valence-electron chi connectivity index (χ3n) is 3.13. The van der Waals surface area contributed by atoms with Gasteiger partial charge in [0.15, 0.2) is 0 Å². The topological polar surface area (TPSA) is 94.2 Å². The molecule has 6 nitrogen and oxygen atoms in total. The number of amidine groups is 1. The lowest BCUT2D eigenvalue weighted by Crippen LogP contribution is -2.63. The molecule has 0 bridgehead atoms. The van der Waals surface area contributed by atoms with Crippen LogP contribution in [0.25, 0.3) is 0 Å². The minimum absolute atomic E-state index is 0.0458. The van der Waals surface area contributed by atoms with Crippen molar-refractivity contribution < 1.29 is 4.79 Å². The molecular weight excluding hydrogens is 218 g/mol. The maximum absolute atomic E-state index is 11.7. The Bertz CT molecular complexity index is 294. The molecule has 0 radical (unpaired) electrons. The summed E-state index contributed by atoms with van der Waals surface area (Å²) in [6, 6.07) is -0.176. The van der Waals surface area contributed by atoms with Crippen LogP contribution in [0, 0.1) is 5.41 Å². The van der Waals surface area contributed by atoms with Crippen LogP contribution in [0.5, 0.6) is 0 Å². The summed E-state index contributed by atoms with van der Waals surface area (Å²) in [6.07, 6.45) is 1.37. The second-order valence-corrected chi connectivity index (χ2v) is 5.05. The van der Waals surface area contributed by atoms with Crippen molar-refractivity contribution in [3.63, 3.8) is 0 Å². The summed E-state index contributed by atoms with van der Waals surface area (Å²) < 4.78 is 0. The highest BCUT2D eigenvalue weighted by Crippen LogP contribution is 2.21. The van der Waals surface area contributed by atoms with Crippen molar-refractivity contribution in [2.75, 3.05) is 20.1 Å². The molecule has 6 heteroatoms. The zero-order valence-corrected chi connectivity index (χ0v) is 10.8. The molecular formula is C11H23N5O. The number of carbonyl (C=O) groups is 1. The summed E-state index contributed by atoms with van der Waals surface area (Å²) in [4.78, 5) is 13.9. The van der Waals surface area contributed by atoms with Crippen LogP contribution in [0.2, 0.25) is 0 Å². The molecule has 2 amide bonds. The Hall–Kier alpha value is -1.30. The number of hydrogen-bond acceptors (Lipinski definition) is 3. The Labute approximate surface area is 102 Å². The van der Waals surface area contributed by atoms with Gasteiger partial charge in [0.2, 0.25) is 0 Å². The second kappa shape index (κ2) is 5.35. The Morgan fingerprint density at radius 2 is 1.94 bits per heavy atom. The molecule has 17 heavy (non-hydrogen) atoms. The molecule has 0 aliphatic carbocycles. The largest absolute Gasteiger partial charge is 0.386 e. The molecule has 1 saturated heterocycles. The lowest BCUT2D eigenvalue weighted by Gasteiger charge is -2.40. The van der Waals surface area contributed by atoms with E-state index in [1.165, 1.54) is 0 Å². The average molecular weight is 241 g/mol. The number of urea groups is 1. The number of hydrogen-bond donors (Lipinski definition) is 4. The van der Waals surface area contributed by atoms with Crippen molar-refractivity contribution >= 4 is 11.9 Å². The van der Waals surface area contributed by atoms with Gasteiger partial charge < -0.3 is 21.3 Å². The van der Waals surface area contributed by atoms with Crippen molar-refractivity contribution in [2.45, 2.75) is 38.3 Å². The third kappa shape index (κ3) is 3.59. The maximum Gasteiger partial charge on any atom is 0.315 e. The fourth-order valence-corrected chi connectivity index (χ4v) is 1.98. The maximum atomic E-state index is 11.7. The highest BCUT2D eigenvalue weighted by molar-refractivity contribution is 5.92. The first-order valence-electron chi connectivity index (χ1n) is 5.97. The van der Waals surface area contributed by atoms with Gasteiger partial charge in [0.1, 0.15) is 11.4 Å². The van der Waals surface area contributed by atoms with E-state index in [2.05, 4.69) is 15.5 Å². The monoisotopic (exact) mass is 241 g/mol. The van der Waals surface area contributed by atoms with Crippen LogP contribution in [0.3, 0.4) is 0 Å². The average Bonchev–Trinajstić information content (AvgIpc) is 2.20. The van der Waals surface area contributed by atoms with Gasteiger partial charge in [-0.2, -0.15) is 0 Å². The number of carbonyl (C=O) groups excluding carboxylic acids is 1. The van der Waals surface area contributed by atoms with Crippen molar-refractivity contribution in [3.8, 4) is 0 Å². The van der Waals surface area contributed by atoms with E-state index in [4.69, 9.17) is 11.1 Å². The predicted octanol–water partition coefficient (Wildman–Crippen LogP) is 0.0944. The molecule has 0 aromatic carbocycles. The van der Waals surface area contributed by atoms with Gasteiger partial charge in [0.25, 0.3) is 0 Å². The summed E-state index contributed by atoms with van der Waals surface area (Å²) in [7, 11) is 2.03. The van der Waals surface area contributed by atoms with E-state index in [-0.39, 0.29) is 17.9 Å². The smallest absolute Gasteiger partial charge is 0.315 e. The van der Waals surface area contributed by atoms with Gasteiger partial charge in [0, 0.05) is 19.1 Å². The Morgan fingerprint density at radius 1 is 1.41 bits per heavy atom. The van der Waals surface area contributed by atoms with Gasteiger partial charge in [-0.25, -0.2) is 4.79 Å². The predicted molar refractivity (Wildman–Crippen MR) is 68.2 cm³/mol. The van der Waals surface area contributed by atoms with Crippen LogP contribution in [0.4, 0.5) is 4.79 Å². The Kier molecular flexibility index (Phi) is 4.34. The van der Waals surface area contributed by atoms with Crippen LogP contribution < -0.4 is 16.4 Å². The first kappa shape index (κ1) is 13.8. The van der Waals surface area contributed by atoms with Crippen molar-refractivity contribution in [3.05, 3.63) is 0 Å². The first-order valence-corrected chi connectivity index (χ1v) is 5.97. The van der Waals surface area contributed by atoms with Gasteiger partial charge >= 0.3 is 6.03 Å². The van der Waals surface area contributed by atoms with Crippen molar-refractivity contribution in [1.82, 2.24) is 15.5 Å². The van der Waals surface area contributed by atoms with Crippen LogP contribution in [-0.4, -0.2) is 48.5 Å². The standard InChI is InChI=1S/C11H23N5O/c1-8(2)14-10(17)15-11(9(12)13)4-6-16(3)7-5-11/h8H,4-7H2,1-3H3,(H3,12,13)(H2,14,15,17). The van der Waals surface area contributed by atoms with Gasteiger partial charge in [-0.05, 0) is 33.7 Å². The lowest BCUT2D eigenvalue weighted by molar-refractivity contribution is 0.191. The highest BCUT2D eigenvalue weighted by atomic mass is 16.2. The molecule has 0 aromatic rings. The third-order valence-corrected chi connectivity index (χ3v) is 3.13. The van der Waals surface area contributed by atoms with E-state index in [0.717, 1.165) is 13.1 Å². The minimum atomic E-state index is -0.675. The molecule has 0 spiro atoms. The van der Waals surface area contributed by atoms with E-state index < -0.39 is 5.54 Å². The lowest BCUT2D eigenvalue weighted by atomic mass is 9.86. The number of piperidine rings is 1. The SMILES string of the molecule is CC(C)NC(=O)NC1(C(=N)N)CCN(C)CC1. The van der Waals surface area contributed by atoms with Gasteiger partial charge in [0.05, 0.1) is 0 Å². The van der Waals surface area contributed by atoms with Crippen molar-refractivity contribution in [1.29, 1.82) is 5.41 Å². The summed E-state index contributed by atoms with van der Waals surface area (Å²) >= 11 is 0. The molecule has 5 N–H and O–H groups in total. The number of rotatable bonds is 3. The van der Waals surface area contributed by atoms with E-state index in [1.807, 2.05) is 20.9 Å². The van der Waals surface area contributed by atoms with Gasteiger partial charge in [-0.1, -0.05) is 0 Å². The van der Waals surface area contributed by atoms with Crippen LogP contribution in [0.1, 0.15) is 26.7 Å². The number of likely N-dealkylation sites (tertiary alicyclic amines) is 1. The summed E-state index contributed by atoms with van der Waals surface area (Å²) in [5.74, 6) is 0.0458. The molecule has 0 aromatic heterocycles. The number of amides is 2. The highest BCUT2D eigenvalue weighted by Gasteiger charge is 2.38. The van der Waals surface area contributed by atoms with Crippen molar-refractivity contribution in [2.24, 2.45) is 5.73 Å². The van der Waals surface area contributed by atoms with E-state index in [1.54, 1.807) is 0 Å². The van der Waals surface area contributed by atoms with Gasteiger partial charge in [-0.3, -0.25) is 5.41 Å². The molecule has 98 valence electrons. The molecule has 1 heterocycles. The molecule has 0 unspecified atom stereocenters. The fourth-order valence-electron chi connectivity index (χ4n) is 1.98. The minimum Gasteiger partial charge on any atom is -0.386 e. The quantitative estimate of drug-likeness (QED) is 0.417. The Morgan fingerprint density at radius 3 is 2.35 bits per heavy atom. The van der Waals surface area contributed by atoms with E-state index in [9.17, 15) is 4.79 Å². The summed E-state index contributed by atoms with van der Waals surface area (Å²) in [5.41, 5.74) is 4.97. The zero-order chi connectivity index (χ0) is 13.1. The van der Waals surface area contributed by atoms with Crippen LogP contribution in [-0.2, 0) is 0 Å². The molecule has 1 fully saturated rings. The molecule has 1 aliphatic rings. The fraction of sp³-hybridized carbons (Fsp3) is 0.818. The summed E-state index contributed by atoms with van der Waals surface area (Å²) in [6.45, 7) is 5.46. The molecule has 0 saturated carbocycles. The number of nitrogens with one attached hydrogen (secondary N) is 3.